The standard InChI is InChI=1S/C4H4N2.C3H8O/c1-2-5-4-6-3-1;1-3(2)4/h1-4H;3-4H,1-2H3. The Labute approximate surface area is 60.8 Å². The Morgan fingerprint density at radius 2 is 1.60 bits per heavy atom. The summed E-state index contributed by atoms with van der Waals surface area (Å²) >= 11 is 0. The molecule has 0 aromatic carbocycles. The van der Waals surface area contributed by atoms with Crippen LogP contribution in [-0.2, 0) is 0 Å². The number of nitrogens with zero attached hydrogens (tertiary/aromatic N) is 2. The highest BCUT2D eigenvalue weighted by Crippen LogP contribution is 1.66. The molecule has 0 saturated heterocycles. The molecule has 0 atom stereocenters. The van der Waals surface area contributed by atoms with E-state index in [1.165, 1.54) is 6.33 Å². The summed E-state index contributed by atoms with van der Waals surface area (Å²) in [6.45, 7) is 3.44. The molecule has 1 aromatic heterocycles. The van der Waals surface area contributed by atoms with Gasteiger partial charge in [-0.1, -0.05) is 0 Å². The molecule has 1 heterocycles. The molecular weight excluding hydrogens is 128 g/mol. The van der Waals surface area contributed by atoms with Crippen molar-refractivity contribution in [2.24, 2.45) is 0 Å². The molecule has 0 radical (unpaired) electrons. The Bertz CT molecular complexity index is 112. The summed E-state index contributed by atoms with van der Waals surface area (Å²) in [6, 6.07) is 1.78. The summed E-state index contributed by atoms with van der Waals surface area (Å²) in [5.41, 5.74) is 0. The molecule has 56 valence electrons. The van der Waals surface area contributed by atoms with Crippen molar-refractivity contribution in [3.63, 3.8) is 0 Å². The minimum atomic E-state index is -0.167. The molecule has 0 fully saturated rings. The van der Waals surface area contributed by atoms with Gasteiger partial charge in [-0.3, -0.25) is 0 Å². The molecule has 3 nitrogen and oxygen atoms in total. The zero-order valence-electron chi connectivity index (χ0n) is 6.23. The van der Waals surface area contributed by atoms with E-state index >= 15 is 0 Å². The van der Waals surface area contributed by atoms with Gasteiger partial charge in [0.05, 0.1) is 0 Å². The van der Waals surface area contributed by atoms with E-state index in [0.29, 0.717) is 0 Å². The van der Waals surface area contributed by atoms with Crippen molar-refractivity contribution < 1.29 is 5.11 Å². The highest BCUT2D eigenvalue weighted by Gasteiger charge is 1.69. The molecule has 3 heteroatoms. The van der Waals surface area contributed by atoms with Crippen molar-refractivity contribution in [3.8, 4) is 0 Å². The Balaban J connectivity index is 0.000000180. The predicted molar refractivity (Wildman–Crippen MR) is 39.4 cm³/mol. The molecule has 0 aliphatic rings. The Kier molecular flexibility index (Phi) is 5.57. The lowest BCUT2D eigenvalue weighted by molar-refractivity contribution is 0.216. The van der Waals surface area contributed by atoms with E-state index in [4.69, 9.17) is 5.11 Å². The number of aliphatic hydroxyl groups excluding tert-OH is 1. The molecule has 0 unspecified atom stereocenters. The van der Waals surface area contributed by atoms with Crippen LogP contribution in [0.4, 0.5) is 0 Å². The average Bonchev–Trinajstić information content (AvgIpc) is 1.90. The van der Waals surface area contributed by atoms with Gasteiger partial charge in [-0.05, 0) is 19.9 Å². The van der Waals surface area contributed by atoms with Crippen molar-refractivity contribution in [3.05, 3.63) is 24.8 Å². The van der Waals surface area contributed by atoms with Crippen LogP contribution < -0.4 is 0 Å². The average molecular weight is 140 g/mol. The molecule has 0 amide bonds. The minimum Gasteiger partial charge on any atom is -0.394 e. The summed E-state index contributed by atoms with van der Waals surface area (Å²) in [5, 5.41) is 8.06. The van der Waals surface area contributed by atoms with Crippen molar-refractivity contribution in [1.29, 1.82) is 0 Å². The topological polar surface area (TPSA) is 46.0 Å². The molecule has 0 saturated carbocycles. The molecule has 0 spiro atoms. The Morgan fingerprint density at radius 1 is 1.20 bits per heavy atom. The predicted octanol–water partition coefficient (Wildman–Crippen LogP) is 0.864. The van der Waals surface area contributed by atoms with Crippen LogP contribution in [0.1, 0.15) is 13.8 Å². The van der Waals surface area contributed by atoms with E-state index in [9.17, 15) is 0 Å². The number of aromatic nitrogens is 2. The first kappa shape index (κ1) is 9.04. The van der Waals surface area contributed by atoms with Crippen LogP contribution >= 0.6 is 0 Å². The second-order valence-electron chi connectivity index (χ2n) is 2.00. The monoisotopic (exact) mass is 140 g/mol. The highest BCUT2D eigenvalue weighted by atomic mass is 16.3. The maximum Gasteiger partial charge on any atom is 0.115 e. The number of hydrogen-bond acceptors (Lipinski definition) is 3. The lowest BCUT2D eigenvalue weighted by atomic mass is 10.5. The van der Waals surface area contributed by atoms with Crippen molar-refractivity contribution >= 4 is 0 Å². The summed E-state index contributed by atoms with van der Waals surface area (Å²) in [5.74, 6) is 0. The van der Waals surface area contributed by atoms with Gasteiger partial charge in [0.1, 0.15) is 6.33 Å². The van der Waals surface area contributed by atoms with Gasteiger partial charge in [0.15, 0.2) is 0 Å². The molecule has 1 rings (SSSR count). The third-order valence-electron chi connectivity index (χ3n) is 0.478. The fourth-order valence-electron chi connectivity index (χ4n) is 0.253. The molecule has 1 aromatic rings. The summed E-state index contributed by atoms with van der Waals surface area (Å²) in [4.78, 5) is 7.35. The first-order chi connectivity index (χ1) is 4.73. The molecule has 1 N–H and O–H groups in total. The van der Waals surface area contributed by atoms with Crippen molar-refractivity contribution in [2.75, 3.05) is 0 Å². The van der Waals surface area contributed by atoms with Gasteiger partial charge in [-0.15, -0.1) is 0 Å². The molecule has 0 aliphatic carbocycles. The summed E-state index contributed by atoms with van der Waals surface area (Å²) in [6.07, 6.45) is 4.71. The lowest BCUT2D eigenvalue weighted by Crippen LogP contribution is -1.85. The zero-order valence-corrected chi connectivity index (χ0v) is 6.23. The third kappa shape index (κ3) is 10.1. The number of hydrogen-bond donors (Lipinski definition) is 1. The van der Waals surface area contributed by atoms with Gasteiger partial charge < -0.3 is 5.11 Å². The van der Waals surface area contributed by atoms with Crippen LogP contribution in [0, 0.1) is 0 Å². The summed E-state index contributed by atoms with van der Waals surface area (Å²) in [7, 11) is 0. The van der Waals surface area contributed by atoms with E-state index < -0.39 is 0 Å². The Morgan fingerprint density at radius 3 is 1.70 bits per heavy atom. The van der Waals surface area contributed by atoms with Gasteiger partial charge in [0.2, 0.25) is 0 Å². The molecular formula is C7H12N2O. The largest absolute Gasteiger partial charge is 0.394 e. The van der Waals surface area contributed by atoms with Gasteiger partial charge in [-0.25, -0.2) is 9.97 Å². The fourth-order valence-corrected chi connectivity index (χ4v) is 0.253. The normalized spacial score (nSPS) is 8.40. The molecule has 0 bridgehead atoms. The maximum atomic E-state index is 8.06. The van der Waals surface area contributed by atoms with Crippen LogP contribution in [0.3, 0.4) is 0 Å². The third-order valence-corrected chi connectivity index (χ3v) is 0.478. The van der Waals surface area contributed by atoms with Crippen LogP contribution in [-0.4, -0.2) is 21.2 Å². The highest BCUT2D eigenvalue weighted by molar-refractivity contribution is 4.74. The quantitative estimate of drug-likeness (QED) is 0.581. The van der Waals surface area contributed by atoms with Gasteiger partial charge in [0, 0.05) is 18.5 Å². The zero-order chi connectivity index (χ0) is 7.82. The van der Waals surface area contributed by atoms with E-state index in [0.717, 1.165) is 0 Å². The van der Waals surface area contributed by atoms with Gasteiger partial charge in [0.25, 0.3) is 0 Å². The maximum absolute atomic E-state index is 8.06. The van der Waals surface area contributed by atoms with E-state index in [2.05, 4.69) is 9.97 Å². The summed E-state index contributed by atoms with van der Waals surface area (Å²) < 4.78 is 0. The lowest BCUT2D eigenvalue weighted by Gasteiger charge is -1.80. The van der Waals surface area contributed by atoms with Crippen molar-refractivity contribution in [2.45, 2.75) is 20.0 Å². The number of aliphatic hydroxyl groups is 1. The Hall–Kier alpha value is -0.960. The van der Waals surface area contributed by atoms with E-state index in [1.807, 2.05) is 0 Å². The van der Waals surface area contributed by atoms with E-state index in [-0.39, 0.29) is 6.10 Å². The number of rotatable bonds is 0. The van der Waals surface area contributed by atoms with Gasteiger partial charge >= 0.3 is 0 Å². The van der Waals surface area contributed by atoms with Gasteiger partial charge in [-0.2, -0.15) is 0 Å². The van der Waals surface area contributed by atoms with E-state index in [1.54, 1.807) is 32.3 Å². The molecule has 10 heavy (non-hydrogen) atoms. The SMILES string of the molecule is CC(C)O.c1cncnc1. The smallest absolute Gasteiger partial charge is 0.115 e. The van der Waals surface area contributed by atoms with Crippen LogP contribution in [0.25, 0.3) is 0 Å². The van der Waals surface area contributed by atoms with Crippen LogP contribution in [0.2, 0.25) is 0 Å². The molecule has 0 aliphatic heterocycles. The fraction of sp³-hybridized carbons (Fsp3) is 0.429. The minimum absolute atomic E-state index is 0.167. The first-order valence-corrected chi connectivity index (χ1v) is 3.11. The first-order valence-electron chi connectivity index (χ1n) is 3.11. The second kappa shape index (κ2) is 6.16. The van der Waals surface area contributed by atoms with Crippen molar-refractivity contribution in [1.82, 2.24) is 9.97 Å². The second-order valence-corrected chi connectivity index (χ2v) is 2.00. The van der Waals surface area contributed by atoms with Crippen LogP contribution in [0.15, 0.2) is 24.8 Å². The van der Waals surface area contributed by atoms with Crippen LogP contribution in [0.5, 0.6) is 0 Å².